The van der Waals surface area contributed by atoms with Gasteiger partial charge in [0.05, 0.1) is 18.8 Å². The van der Waals surface area contributed by atoms with E-state index in [4.69, 9.17) is 9.47 Å². The topological polar surface area (TPSA) is 97.0 Å². The van der Waals surface area contributed by atoms with E-state index in [9.17, 15) is 4.79 Å². The predicted octanol–water partition coefficient (Wildman–Crippen LogP) is -0.433. The van der Waals surface area contributed by atoms with E-state index in [1.165, 1.54) is 7.11 Å². The van der Waals surface area contributed by atoms with E-state index in [2.05, 4.69) is 20.6 Å². The van der Waals surface area contributed by atoms with Crippen LogP contribution in [0.15, 0.2) is 6.20 Å². The van der Waals surface area contributed by atoms with E-state index < -0.39 is 5.97 Å². The van der Waals surface area contributed by atoms with Crippen LogP contribution < -0.4 is 0 Å². The molecule has 0 atom stereocenters. The minimum Gasteiger partial charge on any atom is -0.458 e. The van der Waals surface area contributed by atoms with Gasteiger partial charge in [-0.1, -0.05) is 10.4 Å². The fourth-order valence-corrected chi connectivity index (χ4v) is 1.61. The largest absolute Gasteiger partial charge is 0.458 e. The maximum Gasteiger partial charge on any atom is 0.360 e. The Morgan fingerprint density at radius 3 is 2.75 bits per heavy atom. The fourth-order valence-electron chi connectivity index (χ4n) is 1.61. The van der Waals surface area contributed by atoms with Gasteiger partial charge in [-0.3, -0.25) is 4.68 Å². The van der Waals surface area contributed by atoms with Gasteiger partial charge in [0.25, 0.3) is 0 Å². The molecule has 2 aromatic rings. The lowest BCUT2D eigenvalue weighted by atomic mass is 10.3. The van der Waals surface area contributed by atoms with Gasteiger partial charge in [-0.05, 0) is 6.92 Å². The summed E-state index contributed by atoms with van der Waals surface area (Å²) in [5.41, 5.74) is 1.56. The molecule has 9 nitrogen and oxygen atoms in total. The van der Waals surface area contributed by atoms with Crippen molar-refractivity contribution in [2.75, 3.05) is 20.3 Å². The summed E-state index contributed by atoms with van der Waals surface area (Å²) in [6.07, 6.45) is 1.78. The summed E-state index contributed by atoms with van der Waals surface area (Å²) in [6, 6.07) is 0. The Hall–Kier alpha value is -2.29. The van der Waals surface area contributed by atoms with E-state index in [0.29, 0.717) is 18.8 Å². The van der Waals surface area contributed by atoms with Crippen LogP contribution in [0.4, 0.5) is 0 Å². The lowest BCUT2D eigenvalue weighted by Crippen LogP contribution is -2.12. The molecular formula is C11H16N6O3. The van der Waals surface area contributed by atoms with Crippen molar-refractivity contribution in [1.82, 2.24) is 30.0 Å². The highest BCUT2D eigenvalue weighted by Crippen LogP contribution is 2.07. The highest BCUT2D eigenvalue weighted by molar-refractivity contribution is 5.88. The molecule has 0 aliphatic heterocycles. The Kier molecular flexibility index (Phi) is 4.41. The molecule has 9 heteroatoms. The van der Waals surface area contributed by atoms with Crippen molar-refractivity contribution in [2.24, 2.45) is 7.05 Å². The van der Waals surface area contributed by atoms with Crippen LogP contribution in [0.5, 0.6) is 0 Å². The first-order valence-corrected chi connectivity index (χ1v) is 6.03. The molecule has 2 heterocycles. The number of aromatic nitrogens is 6. The summed E-state index contributed by atoms with van der Waals surface area (Å²) in [7, 11) is 3.32. The van der Waals surface area contributed by atoms with Crippen molar-refractivity contribution in [3.63, 3.8) is 0 Å². The average Bonchev–Trinajstić information content (AvgIpc) is 2.98. The second-order valence-electron chi connectivity index (χ2n) is 4.19. The number of carbonyl (C=O) groups is 1. The third-order valence-electron chi connectivity index (χ3n) is 2.66. The van der Waals surface area contributed by atoms with Gasteiger partial charge in [-0.2, -0.15) is 0 Å². The Balaban J connectivity index is 2.04. The lowest BCUT2D eigenvalue weighted by Gasteiger charge is -2.03. The number of aryl methyl sites for hydroxylation is 1. The van der Waals surface area contributed by atoms with E-state index in [1.54, 1.807) is 29.5 Å². The summed E-state index contributed by atoms with van der Waals surface area (Å²) in [6.45, 7) is 2.69. The maximum absolute atomic E-state index is 11.8. The third-order valence-corrected chi connectivity index (χ3v) is 2.66. The number of ether oxygens (including phenoxy) is 2. The molecular weight excluding hydrogens is 264 g/mol. The first-order chi connectivity index (χ1) is 9.61. The number of rotatable bonds is 6. The van der Waals surface area contributed by atoms with Crippen LogP contribution in [0.2, 0.25) is 0 Å². The minimum atomic E-state index is -0.509. The SMILES string of the molecule is COCCOC(=O)c1nnn(Cc2cn(C)nn2)c1C. The molecule has 0 saturated heterocycles. The quantitative estimate of drug-likeness (QED) is 0.523. The van der Waals surface area contributed by atoms with Crippen LogP contribution in [-0.4, -0.2) is 56.3 Å². The number of carbonyl (C=O) groups excluding carboxylic acids is 1. The van der Waals surface area contributed by atoms with Crippen molar-refractivity contribution < 1.29 is 14.3 Å². The standard InChI is InChI=1S/C11H16N6O3/c1-8-10(11(18)20-5-4-19-3)13-15-17(8)7-9-6-16(2)14-12-9/h6H,4-5,7H2,1-3H3. The summed E-state index contributed by atoms with van der Waals surface area (Å²) >= 11 is 0. The van der Waals surface area contributed by atoms with Crippen LogP contribution in [0.1, 0.15) is 21.9 Å². The van der Waals surface area contributed by atoms with E-state index in [-0.39, 0.29) is 12.3 Å². The predicted molar refractivity (Wildman–Crippen MR) is 67.0 cm³/mol. The van der Waals surface area contributed by atoms with Gasteiger partial charge in [0, 0.05) is 20.4 Å². The lowest BCUT2D eigenvalue weighted by molar-refractivity contribution is 0.0380. The van der Waals surface area contributed by atoms with E-state index >= 15 is 0 Å². The summed E-state index contributed by atoms with van der Waals surface area (Å²) in [5, 5.41) is 15.6. The zero-order valence-electron chi connectivity index (χ0n) is 11.6. The van der Waals surface area contributed by atoms with Crippen LogP contribution in [0.25, 0.3) is 0 Å². The van der Waals surface area contributed by atoms with Crippen molar-refractivity contribution in [3.8, 4) is 0 Å². The van der Waals surface area contributed by atoms with Gasteiger partial charge in [0.1, 0.15) is 12.3 Å². The van der Waals surface area contributed by atoms with Crippen LogP contribution in [0.3, 0.4) is 0 Å². The molecule has 0 aliphatic rings. The van der Waals surface area contributed by atoms with Crippen molar-refractivity contribution >= 4 is 5.97 Å². The zero-order chi connectivity index (χ0) is 14.5. The van der Waals surface area contributed by atoms with Crippen LogP contribution >= 0.6 is 0 Å². The molecule has 0 bridgehead atoms. The molecule has 2 aromatic heterocycles. The minimum absolute atomic E-state index is 0.186. The summed E-state index contributed by atoms with van der Waals surface area (Å²) in [5.74, 6) is -0.509. The smallest absolute Gasteiger partial charge is 0.360 e. The van der Waals surface area contributed by atoms with Crippen molar-refractivity contribution in [3.05, 3.63) is 23.3 Å². The molecule has 0 fully saturated rings. The normalized spacial score (nSPS) is 10.8. The van der Waals surface area contributed by atoms with Gasteiger partial charge in [0.2, 0.25) is 0 Å². The third kappa shape index (κ3) is 3.18. The van der Waals surface area contributed by atoms with Gasteiger partial charge >= 0.3 is 5.97 Å². The molecule has 20 heavy (non-hydrogen) atoms. The van der Waals surface area contributed by atoms with Crippen molar-refractivity contribution in [1.29, 1.82) is 0 Å². The first-order valence-electron chi connectivity index (χ1n) is 6.03. The zero-order valence-corrected chi connectivity index (χ0v) is 11.6. The molecule has 0 N–H and O–H groups in total. The highest BCUT2D eigenvalue weighted by atomic mass is 16.6. The second kappa shape index (κ2) is 6.24. The molecule has 108 valence electrons. The average molecular weight is 280 g/mol. The van der Waals surface area contributed by atoms with Crippen LogP contribution in [0, 0.1) is 6.92 Å². The summed E-state index contributed by atoms with van der Waals surface area (Å²) in [4.78, 5) is 11.8. The Morgan fingerprint density at radius 1 is 1.30 bits per heavy atom. The molecule has 0 spiro atoms. The number of hydrogen-bond donors (Lipinski definition) is 0. The number of hydrogen-bond acceptors (Lipinski definition) is 7. The molecule has 2 rings (SSSR count). The van der Waals surface area contributed by atoms with Crippen molar-refractivity contribution in [2.45, 2.75) is 13.5 Å². The molecule has 0 aromatic carbocycles. The summed E-state index contributed by atoms with van der Waals surface area (Å²) < 4.78 is 13.0. The van der Waals surface area contributed by atoms with Gasteiger partial charge in [0.15, 0.2) is 5.69 Å². The van der Waals surface area contributed by atoms with E-state index in [0.717, 1.165) is 5.69 Å². The highest BCUT2D eigenvalue weighted by Gasteiger charge is 2.18. The van der Waals surface area contributed by atoms with Gasteiger partial charge < -0.3 is 9.47 Å². The number of methoxy groups -OCH3 is 1. The van der Waals surface area contributed by atoms with Gasteiger partial charge in [-0.25, -0.2) is 9.48 Å². The molecule has 0 saturated carbocycles. The maximum atomic E-state index is 11.8. The Labute approximate surface area is 115 Å². The molecule has 0 radical (unpaired) electrons. The molecule has 0 amide bonds. The van der Waals surface area contributed by atoms with Crippen LogP contribution in [-0.2, 0) is 23.1 Å². The first kappa shape index (κ1) is 14.1. The molecule has 0 unspecified atom stereocenters. The monoisotopic (exact) mass is 280 g/mol. The fraction of sp³-hybridized carbons (Fsp3) is 0.545. The number of esters is 1. The Morgan fingerprint density at radius 2 is 2.10 bits per heavy atom. The van der Waals surface area contributed by atoms with Gasteiger partial charge in [-0.15, -0.1) is 10.2 Å². The number of nitrogens with zero attached hydrogens (tertiary/aromatic N) is 6. The second-order valence-corrected chi connectivity index (χ2v) is 4.19. The van der Waals surface area contributed by atoms with E-state index in [1.807, 2.05) is 0 Å². The Bertz CT molecular complexity index is 591. The molecule has 0 aliphatic carbocycles.